The van der Waals surface area contributed by atoms with E-state index in [1.165, 1.54) is 18.4 Å². The van der Waals surface area contributed by atoms with Crippen LogP contribution in [0.5, 0.6) is 0 Å². The number of rotatable bonds is 4. The van der Waals surface area contributed by atoms with Crippen molar-refractivity contribution in [3.05, 3.63) is 72.2 Å². The van der Waals surface area contributed by atoms with Gasteiger partial charge in [0.1, 0.15) is 5.82 Å². The molecule has 2 N–H and O–H groups in total. The largest absolute Gasteiger partial charge is 0.459 e. The zero-order valence-corrected chi connectivity index (χ0v) is 12.7. The highest BCUT2D eigenvalue weighted by Crippen LogP contribution is 2.33. The Balaban J connectivity index is 1.89. The number of alkyl halides is 3. The summed E-state index contributed by atoms with van der Waals surface area (Å²) in [6, 6.07) is 13.1. The number of anilines is 1. The fourth-order valence-electron chi connectivity index (χ4n) is 2.11. The van der Waals surface area contributed by atoms with E-state index < -0.39 is 17.6 Å². The minimum Gasteiger partial charge on any atom is -0.459 e. The Bertz CT molecular complexity index is 863. The molecule has 25 heavy (non-hydrogen) atoms. The molecule has 1 aromatic carbocycles. The maximum atomic E-state index is 13.1. The molecule has 0 aliphatic rings. The monoisotopic (exact) mass is 347 g/mol. The van der Waals surface area contributed by atoms with E-state index in [1.54, 1.807) is 30.3 Å². The quantitative estimate of drug-likeness (QED) is 0.697. The molecule has 0 unspecified atom stereocenters. The van der Waals surface area contributed by atoms with Crippen LogP contribution in [0.15, 0.2) is 65.3 Å². The summed E-state index contributed by atoms with van der Waals surface area (Å²) in [5, 5.41) is 0. The topological polar surface area (TPSA) is 67.2 Å². The van der Waals surface area contributed by atoms with Gasteiger partial charge in [0.05, 0.1) is 17.5 Å². The third-order valence-corrected chi connectivity index (χ3v) is 3.27. The van der Waals surface area contributed by atoms with E-state index >= 15 is 0 Å². The number of pyridine rings is 1. The Kier molecular flexibility index (Phi) is 4.42. The van der Waals surface area contributed by atoms with Gasteiger partial charge in [-0.15, -0.1) is 0 Å². The molecule has 0 aliphatic heterocycles. The molecule has 0 spiro atoms. The molecule has 0 bridgehead atoms. The molecule has 3 rings (SSSR count). The highest BCUT2D eigenvalue weighted by molar-refractivity contribution is 5.92. The second-order valence-corrected chi connectivity index (χ2v) is 5.05. The van der Waals surface area contributed by atoms with Crippen LogP contribution in [0.1, 0.15) is 16.1 Å². The summed E-state index contributed by atoms with van der Waals surface area (Å²) in [5.74, 6) is -0.762. The number of amides is 1. The molecule has 0 fully saturated rings. The van der Waals surface area contributed by atoms with Crippen LogP contribution < -0.4 is 10.9 Å². The number of nitrogens with zero attached hydrogens (tertiary/aromatic N) is 1. The number of carbonyl (C=O) groups is 1. The summed E-state index contributed by atoms with van der Waals surface area (Å²) >= 11 is 0. The van der Waals surface area contributed by atoms with E-state index in [-0.39, 0.29) is 17.3 Å². The van der Waals surface area contributed by atoms with Crippen LogP contribution >= 0.6 is 0 Å². The molecule has 8 heteroatoms. The van der Waals surface area contributed by atoms with E-state index in [0.717, 1.165) is 12.1 Å². The molecule has 2 heterocycles. The van der Waals surface area contributed by atoms with Crippen LogP contribution in [0, 0.1) is 0 Å². The highest BCUT2D eigenvalue weighted by atomic mass is 19.4. The van der Waals surface area contributed by atoms with Crippen molar-refractivity contribution in [3.8, 4) is 11.3 Å². The summed E-state index contributed by atoms with van der Waals surface area (Å²) in [7, 11) is 0. The first-order valence-electron chi connectivity index (χ1n) is 7.18. The minimum absolute atomic E-state index is 0.0164. The van der Waals surface area contributed by atoms with Gasteiger partial charge in [-0.3, -0.25) is 15.6 Å². The first-order valence-corrected chi connectivity index (χ1v) is 7.18. The van der Waals surface area contributed by atoms with E-state index in [0.29, 0.717) is 5.56 Å². The van der Waals surface area contributed by atoms with Gasteiger partial charge in [-0.25, -0.2) is 4.98 Å². The Morgan fingerprint density at radius 2 is 1.80 bits per heavy atom. The van der Waals surface area contributed by atoms with Gasteiger partial charge in [0.2, 0.25) is 0 Å². The van der Waals surface area contributed by atoms with Gasteiger partial charge in [-0.05, 0) is 24.3 Å². The van der Waals surface area contributed by atoms with Crippen LogP contribution in [-0.4, -0.2) is 10.9 Å². The van der Waals surface area contributed by atoms with E-state index in [2.05, 4.69) is 15.8 Å². The average Bonchev–Trinajstić information content (AvgIpc) is 3.14. The smallest absolute Gasteiger partial charge is 0.416 e. The highest BCUT2D eigenvalue weighted by Gasteiger charge is 2.31. The van der Waals surface area contributed by atoms with Crippen molar-refractivity contribution in [1.82, 2.24) is 10.4 Å². The SMILES string of the molecule is O=C(NNc1cc(C(F)(F)F)cc(-c2ccccc2)n1)c1ccco1. The summed E-state index contributed by atoms with van der Waals surface area (Å²) < 4.78 is 44.3. The summed E-state index contributed by atoms with van der Waals surface area (Å²) in [5.41, 5.74) is 4.40. The van der Waals surface area contributed by atoms with Crippen LogP contribution in [0.2, 0.25) is 0 Å². The summed E-state index contributed by atoms with van der Waals surface area (Å²) in [4.78, 5) is 15.9. The summed E-state index contributed by atoms with van der Waals surface area (Å²) in [6.45, 7) is 0. The second-order valence-electron chi connectivity index (χ2n) is 5.05. The number of benzene rings is 1. The second kappa shape index (κ2) is 6.68. The van der Waals surface area contributed by atoms with Crippen molar-refractivity contribution in [3.63, 3.8) is 0 Å². The summed E-state index contributed by atoms with van der Waals surface area (Å²) in [6.07, 6.45) is -3.24. The van der Waals surface area contributed by atoms with Gasteiger partial charge in [0.15, 0.2) is 5.76 Å². The van der Waals surface area contributed by atoms with Gasteiger partial charge in [0, 0.05) is 5.56 Å². The zero-order valence-electron chi connectivity index (χ0n) is 12.7. The normalized spacial score (nSPS) is 11.2. The Labute approximate surface area is 140 Å². The van der Waals surface area contributed by atoms with E-state index in [1.807, 2.05) is 0 Å². The van der Waals surface area contributed by atoms with Crippen molar-refractivity contribution in [1.29, 1.82) is 0 Å². The number of halogens is 3. The van der Waals surface area contributed by atoms with Gasteiger partial charge in [-0.1, -0.05) is 30.3 Å². The van der Waals surface area contributed by atoms with Crippen molar-refractivity contribution in [2.75, 3.05) is 5.43 Å². The lowest BCUT2D eigenvalue weighted by molar-refractivity contribution is -0.137. The van der Waals surface area contributed by atoms with Crippen molar-refractivity contribution >= 4 is 11.7 Å². The predicted octanol–water partition coefficient (Wildman–Crippen LogP) is 4.12. The van der Waals surface area contributed by atoms with Gasteiger partial charge in [0.25, 0.3) is 0 Å². The Morgan fingerprint density at radius 3 is 2.44 bits per heavy atom. The third kappa shape index (κ3) is 3.97. The predicted molar refractivity (Wildman–Crippen MR) is 84.5 cm³/mol. The van der Waals surface area contributed by atoms with Gasteiger partial charge >= 0.3 is 12.1 Å². The molecule has 0 radical (unpaired) electrons. The molecule has 1 amide bonds. The van der Waals surface area contributed by atoms with Crippen LogP contribution in [0.25, 0.3) is 11.3 Å². The number of furan rings is 1. The number of hydrazine groups is 1. The van der Waals surface area contributed by atoms with Crippen LogP contribution in [0.3, 0.4) is 0 Å². The first-order chi connectivity index (χ1) is 11.9. The molecule has 0 saturated carbocycles. The molecule has 0 saturated heterocycles. The third-order valence-electron chi connectivity index (χ3n) is 3.27. The van der Waals surface area contributed by atoms with Gasteiger partial charge in [-0.2, -0.15) is 13.2 Å². The number of nitrogens with one attached hydrogen (secondary N) is 2. The molecular weight excluding hydrogens is 335 g/mol. The van der Waals surface area contributed by atoms with Gasteiger partial charge < -0.3 is 4.42 Å². The average molecular weight is 347 g/mol. The molecule has 0 aliphatic carbocycles. The van der Waals surface area contributed by atoms with E-state index in [4.69, 9.17) is 4.42 Å². The Morgan fingerprint density at radius 1 is 1.04 bits per heavy atom. The lowest BCUT2D eigenvalue weighted by atomic mass is 10.1. The fraction of sp³-hybridized carbons (Fsp3) is 0.0588. The molecule has 5 nitrogen and oxygen atoms in total. The maximum Gasteiger partial charge on any atom is 0.416 e. The first kappa shape index (κ1) is 16.6. The van der Waals surface area contributed by atoms with E-state index in [9.17, 15) is 18.0 Å². The Hall–Kier alpha value is -3.29. The van der Waals surface area contributed by atoms with Crippen molar-refractivity contribution < 1.29 is 22.4 Å². The van der Waals surface area contributed by atoms with Crippen LogP contribution in [-0.2, 0) is 6.18 Å². The lowest BCUT2D eigenvalue weighted by Gasteiger charge is -2.13. The molecule has 3 aromatic rings. The number of carbonyl (C=O) groups excluding carboxylic acids is 1. The lowest BCUT2D eigenvalue weighted by Crippen LogP contribution is -2.29. The number of hydrogen-bond acceptors (Lipinski definition) is 4. The number of aromatic nitrogens is 1. The zero-order chi connectivity index (χ0) is 17.9. The van der Waals surface area contributed by atoms with Crippen LogP contribution in [0.4, 0.5) is 19.0 Å². The van der Waals surface area contributed by atoms with Crippen molar-refractivity contribution in [2.24, 2.45) is 0 Å². The van der Waals surface area contributed by atoms with Crippen molar-refractivity contribution in [2.45, 2.75) is 6.18 Å². The maximum absolute atomic E-state index is 13.1. The standard InChI is InChI=1S/C17H12F3N3O2/c18-17(19,20)12-9-13(11-5-2-1-3-6-11)21-15(10-12)22-23-16(24)14-7-4-8-25-14/h1-10H,(H,21,22)(H,23,24). The molecule has 128 valence electrons. The molecule has 0 atom stereocenters. The fourth-order valence-corrected chi connectivity index (χ4v) is 2.11. The number of hydrogen-bond donors (Lipinski definition) is 2. The minimum atomic E-state index is -4.55. The molecule has 2 aromatic heterocycles. The molecular formula is C17H12F3N3O2.